The van der Waals surface area contributed by atoms with Crippen LogP contribution in [0.3, 0.4) is 0 Å². The Kier molecular flexibility index (Phi) is 3.13. The highest BCUT2D eigenvalue weighted by atomic mass is 19.1. The third-order valence-corrected chi connectivity index (χ3v) is 1.41. The molecule has 0 aromatic heterocycles. The van der Waals surface area contributed by atoms with Crippen LogP contribution in [0.5, 0.6) is 5.75 Å². The molecule has 3 nitrogen and oxygen atoms in total. The first-order valence-electron chi connectivity index (χ1n) is 3.64. The summed E-state index contributed by atoms with van der Waals surface area (Å²) in [6.45, 7) is 0. The molecule has 0 aliphatic carbocycles. The number of hydrogen-bond donors (Lipinski definition) is 0. The summed E-state index contributed by atoms with van der Waals surface area (Å²) < 4.78 is 30.3. The van der Waals surface area contributed by atoms with E-state index < -0.39 is 23.5 Å². The maximum Gasteiger partial charge on any atom is 0.239 e. The van der Waals surface area contributed by atoms with Gasteiger partial charge in [-0.15, -0.1) is 0 Å². The largest absolute Gasteiger partial charge is 0.462 e. The number of benzene rings is 1. The summed E-state index contributed by atoms with van der Waals surface area (Å²) in [6, 6.07) is 4.52. The molecule has 0 saturated carbocycles. The first kappa shape index (κ1) is 10.1. The normalized spacial score (nSPS) is 11.5. The molecule has 1 rings (SSSR count). The number of ether oxygens (including phenoxy) is 1. The molecule has 0 spiro atoms. The lowest BCUT2D eigenvalue weighted by Crippen LogP contribution is -2.16. The smallest absolute Gasteiger partial charge is 0.239 e. The Bertz CT molecular complexity index is 367. The number of para-hydroxylation sites is 1. The van der Waals surface area contributed by atoms with E-state index in [-0.39, 0.29) is 6.29 Å². The SMILES string of the molecule is N#CC(C=O)Oc1c(F)cccc1F. The van der Waals surface area contributed by atoms with E-state index in [2.05, 4.69) is 4.74 Å². The van der Waals surface area contributed by atoms with Gasteiger partial charge >= 0.3 is 0 Å². The van der Waals surface area contributed by atoms with Gasteiger partial charge in [-0.05, 0) is 12.1 Å². The van der Waals surface area contributed by atoms with Crippen LogP contribution in [0.4, 0.5) is 8.78 Å². The monoisotopic (exact) mass is 197 g/mol. The Morgan fingerprint density at radius 3 is 2.43 bits per heavy atom. The van der Waals surface area contributed by atoms with Gasteiger partial charge in [0, 0.05) is 0 Å². The van der Waals surface area contributed by atoms with E-state index in [1.54, 1.807) is 0 Å². The molecule has 0 saturated heterocycles. The van der Waals surface area contributed by atoms with Crippen molar-refractivity contribution in [2.75, 3.05) is 0 Å². The molecule has 0 heterocycles. The van der Waals surface area contributed by atoms with E-state index in [0.29, 0.717) is 0 Å². The molecule has 0 N–H and O–H groups in total. The average molecular weight is 197 g/mol. The van der Waals surface area contributed by atoms with Crippen LogP contribution in [0.2, 0.25) is 0 Å². The van der Waals surface area contributed by atoms with Crippen LogP contribution >= 0.6 is 0 Å². The number of aldehydes is 1. The predicted octanol–water partition coefficient (Wildman–Crippen LogP) is 1.43. The third-order valence-electron chi connectivity index (χ3n) is 1.41. The highest BCUT2D eigenvalue weighted by Crippen LogP contribution is 2.21. The number of halogens is 2. The number of rotatable bonds is 3. The van der Waals surface area contributed by atoms with Crippen molar-refractivity contribution < 1.29 is 18.3 Å². The molecule has 0 radical (unpaired) electrons. The lowest BCUT2D eigenvalue weighted by atomic mass is 10.3. The van der Waals surface area contributed by atoms with Crippen molar-refractivity contribution in [3.8, 4) is 11.8 Å². The average Bonchev–Trinajstić information content (AvgIpc) is 2.18. The molecule has 1 aromatic rings. The fraction of sp³-hybridized carbons (Fsp3) is 0.111. The number of nitriles is 1. The summed E-state index contributed by atoms with van der Waals surface area (Å²) in [6.07, 6.45) is -1.34. The van der Waals surface area contributed by atoms with Crippen LogP contribution in [0.1, 0.15) is 0 Å². The Hall–Kier alpha value is -1.96. The maximum absolute atomic E-state index is 12.9. The van der Waals surface area contributed by atoms with Crippen LogP contribution in [-0.2, 0) is 4.79 Å². The number of hydrogen-bond acceptors (Lipinski definition) is 3. The fourth-order valence-electron chi connectivity index (χ4n) is 0.807. The van der Waals surface area contributed by atoms with E-state index in [9.17, 15) is 13.6 Å². The molecule has 1 atom stereocenters. The lowest BCUT2D eigenvalue weighted by molar-refractivity contribution is -0.111. The van der Waals surface area contributed by atoms with Crippen LogP contribution < -0.4 is 4.74 Å². The molecule has 1 aromatic carbocycles. The van der Waals surface area contributed by atoms with Crippen molar-refractivity contribution in [1.82, 2.24) is 0 Å². The third kappa shape index (κ3) is 2.04. The Morgan fingerprint density at radius 1 is 1.43 bits per heavy atom. The van der Waals surface area contributed by atoms with Crippen LogP contribution in [0, 0.1) is 23.0 Å². The minimum Gasteiger partial charge on any atom is -0.462 e. The van der Waals surface area contributed by atoms with E-state index in [4.69, 9.17) is 5.26 Å². The summed E-state index contributed by atoms with van der Waals surface area (Å²) in [7, 11) is 0. The van der Waals surface area contributed by atoms with Crippen molar-refractivity contribution in [2.45, 2.75) is 6.10 Å². The van der Waals surface area contributed by atoms with Crippen LogP contribution in [0.15, 0.2) is 18.2 Å². The van der Waals surface area contributed by atoms with E-state index in [0.717, 1.165) is 18.2 Å². The van der Waals surface area contributed by atoms with Gasteiger partial charge in [0.05, 0.1) is 0 Å². The molecule has 0 bridgehead atoms. The van der Waals surface area contributed by atoms with Gasteiger partial charge in [0.1, 0.15) is 6.07 Å². The number of nitrogens with zero attached hydrogens (tertiary/aromatic N) is 1. The van der Waals surface area contributed by atoms with Crippen LogP contribution in [-0.4, -0.2) is 12.4 Å². The van der Waals surface area contributed by atoms with Gasteiger partial charge in [-0.25, -0.2) is 8.78 Å². The van der Waals surface area contributed by atoms with Gasteiger partial charge < -0.3 is 4.74 Å². The van der Waals surface area contributed by atoms with Crippen molar-refractivity contribution >= 4 is 6.29 Å². The first-order valence-corrected chi connectivity index (χ1v) is 3.64. The lowest BCUT2D eigenvalue weighted by Gasteiger charge is -2.07. The standard InChI is InChI=1S/C9H5F2NO2/c10-7-2-1-3-8(11)9(7)14-6(4-12)5-13/h1-3,5-6H. The van der Waals surface area contributed by atoms with Crippen molar-refractivity contribution in [3.63, 3.8) is 0 Å². The van der Waals surface area contributed by atoms with Crippen molar-refractivity contribution in [1.29, 1.82) is 5.26 Å². The molecule has 14 heavy (non-hydrogen) atoms. The van der Waals surface area contributed by atoms with Crippen LogP contribution in [0.25, 0.3) is 0 Å². The first-order chi connectivity index (χ1) is 6.69. The van der Waals surface area contributed by atoms with E-state index >= 15 is 0 Å². The second-order valence-electron chi connectivity index (χ2n) is 2.35. The van der Waals surface area contributed by atoms with Gasteiger partial charge in [0.25, 0.3) is 0 Å². The van der Waals surface area contributed by atoms with Crippen molar-refractivity contribution in [3.05, 3.63) is 29.8 Å². The maximum atomic E-state index is 12.9. The summed E-state index contributed by atoms with van der Waals surface area (Å²) in [5.74, 6) is -2.62. The van der Waals surface area contributed by atoms with E-state index in [1.807, 2.05) is 0 Å². The number of carbonyl (C=O) groups is 1. The summed E-state index contributed by atoms with van der Waals surface area (Å²) in [5.41, 5.74) is 0. The van der Waals surface area contributed by atoms with Gasteiger partial charge in [-0.3, -0.25) is 4.79 Å². The minimum absolute atomic E-state index is 0.159. The topological polar surface area (TPSA) is 50.1 Å². The Labute approximate surface area is 78.5 Å². The second-order valence-corrected chi connectivity index (χ2v) is 2.35. The van der Waals surface area contributed by atoms with Gasteiger partial charge in [-0.1, -0.05) is 6.07 Å². The van der Waals surface area contributed by atoms with Gasteiger partial charge in [0.2, 0.25) is 6.10 Å². The zero-order chi connectivity index (χ0) is 10.6. The molecule has 5 heteroatoms. The molecule has 1 unspecified atom stereocenters. The van der Waals surface area contributed by atoms with Gasteiger partial charge in [-0.2, -0.15) is 5.26 Å². The van der Waals surface area contributed by atoms with Crippen molar-refractivity contribution in [2.24, 2.45) is 0 Å². The Morgan fingerprint density at radius 2 is 2.00 bits per heavy atom. The highest BCUT2D eigenvalue weighted by molar-refractivity contribution is 5.61. The Balaban J connectivity index is 2.97. The quantitative estimate of drug-likeness (QED) is 0.689. The van der Waals surface area contributed by atoms with E-state index in [1.165, 1.54) is 6.07 Å². The van der Waals surface area contributed by atoms with Gasteiger partial charge in [0.15, 0.2) is 23.7 Å². The molecular formula is C9H5F2NO2. The zero-order valence-electron chi connectivity index (χ0n) is 6.91. The predicted molar refractivity (Wildman–Crippen MR) is 42.5 cm³/mol. The fourth-order valence-corrected chi connectivity index (χ4v) is 0.807. The molecule has 72 valence electrons. The molecular weight excluding hydrogens is 192 g/mol. The molecule has 0 aliphatic heterocycles. The molecule has 0 fully saturated rings. The molecule has 0 aliphatic rings. The minimum atomic E-state index is -1.50. The summed E-state index contributed by atoms with van der Waals surface area (Å²) in [5, 5.41) is 8.32. The second kappa shape index (κ2) is 4.33. The number of carbonyl (C=O) groups excluding carboxylic acids is 1. The molecule has 0 amide bonds. The summed E-state index contributed by atoms with van der Waals surface area (Å²) in [4.78, 5) is 10.2. The highest BCUT2D eigenvalue weighted by Gasteiger charge is 2.14. The summed E-state index contributed by atoms with van der Waals surface area (Å²) >= 11 is 0. The zero-order valence-corrected chi connectivity index (χ0v) is 6.91.